The number of aliphatic hydroxyl groups excluding tert-OH is 1. The monoisotopic (exact) mass is 483 g/mol. The zero-order valence-electron chi connectivity index (χ0n) is 20.6. The molecule has 1 heterocycles. The van der Waals surface area contributed by atoms with Crippen molar-refractivity contribution >= 4 is 28.5 Å². The Morgan fingerprint density at radius 2 is 1.77 bits per heavy atom. The van der Waals surface area contributed by atoms with Crippen LogP contribution in [0.4, 0.5) is 0 Å². The molecule has 4 rings (SSSR count). The zero-order chi connectivity index (χ0) is 24.8. The molecular formula is C27H37N3O5. The van der Waals surface area contributed by atoms with Gasteiger partial charge in [0.05, 0.1) is 19.3 Å². The Labute approximate surface area is 206 Å². The minimum Gasteiger partial charge on any atom is -0.497 e. The first kappa shape index (κ1) is 25.2. The van der Waals surface area contributed by atoms with Crippen molar-refractivity contribution in [2.24, 2.45) is 5.92 Å². The molecule has 1 aromatic heterocycles. The topological polar surface area (TPSA) is 112 Å². The summed E-state index contributed by atoms with van der Waals surface area (Å²) in [6.07, 6.45) is 11.5. The van der Waals surface area contributed by atoms with Crippen molar-refractivity contribution in [1.82, 2.24) is 15.2 Å². The number of aromatic amines is 1. The maximum atomic E-state index is 13.6. The molecule has 0 radical (unpaired) electrons. The van der Waals surface area contributed by atoms with Gasteiger partial charge in [0.15, 0.2) is 0 Å². The number of amides is 2. The van der Waals surface area contributed by atoms with E-state index in [1.165, 1.54) is 17.5 Å². The van der Waals surface area contributed by atoms with E-state index in [4.69, 9.17) is 4.74 Å². The Kier molecular flexibility index (Phi) is 8.44. The molecule has 0 bridgehead atoms. The molecular weight excluding hydrogens is 446 g/mol. The number of nitrogens with one attached hydrogen (secondary N) is 2. The minimum atomic E-state index is -0.758. The fraction of sp³-hybridized carbons (Fsp3) is 0.593. The number of carbonyl (C=O) groups excluding carboxylic acids is 3. The number of methoxy groups -OCH3 is 1. The average Bonchev–Trinajstić information content (AvgIpc) is 3.32. The van der Waals surface area contributed by atoms with Crippen LogP contribution in [0.2, 0.25) is 0 Å². The van der Waals surface area contributed by atoms with E-state index in [-0.39, 0.29) is 36.6 Å². The van der Waals surface area contributed by atoms with Crippen LogP contribution in [0.1, 0.15) is 74.6 Å². The highest BCUT2D eigenvalue weighted by molar-refractivity contribution is 6.45. The van der Waals surface area contributed by atoms with Crippen molar-refractivity contribution < 1.29 is 24.2 Å². The van der Waals surface area contributed by atoms with Crippen LogP contribution >= 0.6 is 0 Å². The molecule has 3 N–H and O–H groups in total. The molecule has 2 aromatic rings. The lowest BCUT2D eigenvalue weighted by atomic mass is 9.82. The summed E-state index contributed by atoms with van der Waals surface area (Å²) in [5.41, 5.74) is 0.943. The lowest BCUT2D eigenvalue weighted by Crippen LogP contribution is -2.57. The van der Waals surface area contributed by atoms with Crippen molar-refractivity contribution in [1.29, 1.82) is 0 Å². The second-order valence-corrected chi connectivity index (χ2v) is 9.85. The summed E-state index contributed by atoms with van der Waals surface area (Å²) in [6.45, 7) is -0.371. The van der Waals surface area contributed by atoms with E-state index < -0.39 is 17.7 Å². The SMILES string of the molecule is COc1ccc2c(C(=O)C(=O)N(CCO)[C@@H](C(=O)NC3CCCCC3)C3CCCCC3)c[nH]c2c1. The van der Waals surface area contributed by atoms with Gasteiger partial charge in [0, 0.05) is 35.8 Å². The second-order valence-electron chi connectivity index (χ2n) is 9.85. The van der Waals surface area contributed by atoms with Crippen molar-refractivity contribution in [2.45, 2.75) is 76.3 Å². The van der Waals surface area contributed by atoms with E-state index in [1.807, 2.05) is 0 Å². The zero-order valence-corrected chi connectivity index (χ0v) is 20.6. The highest BCUT2D eigenvalue weighted by atomic mass is 16.5. The molecule has 190 valence electrons. The smallest absolute Gasteiger partial charge is 0.295 e. The van der Waals surface area contributed by atoms with E-state index >= 15 is 0 Å². The Balaban J connectivity index is 1.61. The summed E-state index contributed by atoms with van der Waals surface area (Å²) in [7, 11) is 1.57. The predicted molar refractivity (Wildman–Crippen MR) is 133 cm³/mol. The van der Waals surface area contributed by atoms with Crippen molar-refractivity contribution in [3.05, 3.63) is 30.0 Å². The van der Waals surface area contributed by atoms with Crippen LogP contribution in [0.25, 0.3) is 10.9 Å². The maximum Gasteiger partial charge on any atom is 0.295 e. The number of carbonyl (C=O) groups is 3. The number of aromatic nitrogens is 1. The highest BCUT2D eigenvalue weighted by Crippen LogP contribution is 2.31. The summed E-state index contributed by atoms with van der Waals surface area (Å²) in [5, 5.41) is 13.6. The summed E-state index contributed by atoms with van der Waals surface area (Å²) in [6, 6.07) is 4.60. The van der Waals surface area contributed by atoms with Gasteiger partial charge in [-0.25, -0.2) is 0 Å². The van der Waals surface area contributed by atoms with Gasteiger partial charge in [-0.05, 0) is 43.7 Å². The number of Topliss-reactive ketones (excluding diaryl/α,β-unsaturated/α-hetero) is 1. The van der Waals surface area contributed by atoms with E-state index in [2.05, 4.69) is 10.3 Å². The number of nitrogens with zero attached hydrogens (tertiary/aromatic N) is 1. The number of benzene rings is 1. The second kappa shape index (κ2) is 11.7. The molecule has 2 saturated carbocycles. The van der Waals surface area contributed by atoms with Crippen LogP contribution < -0.4 is 10.1 Å². The minimum absolute atomic E-state index is 0.0251. The molecule has 0 saturated heterocycles. The van der Waals surface area contributed by atoms with Gasteiger partial charge < -0.3 is 25.0 Å². The van der Waals surface area contributed by atoms with Gasteiger partial charge in [-0.2, -0.15) is 0 Å². The number of ketones is 1. The fourth-order valence-corrected chi connectivity index (χ4v) is 5.73. The van der Waals surface area contributed by atoms with Gasteiger partial charge in [-0.15, -0.1) is 0 Å². The lowest BCUT2D eigenvalue weighted by molar-refractivity contribution is -0.141. The number of ether oxygens (including phenoxy) is 1. The molecule has 2 fully saturated rings. The molecule has 2 amide bonds. The third kappa shape index (κ3) is 5.69. The molecule has 35 heavy (non-hydrogen) atoms. The molecule has 2 aliphatic carbocycles. The van der Waals surface area contributed by atoms with Gasteiger partial charge in [-0.1, -0.05) is 38.5 Å². The lowest BCUT2D eigenvalue weighted by Gasteiger charge is -2.38. The van der Waals surface area contributed by atoms with Crippen LogP contribution in [0, 0.1) is 5.92 Å². The van der Waals surface area contributed by atoms with Crippen molar-refractivity contribution in [3.63, 3.8) is 0 Å². The number of fused-ring (bicyclic) bond motifs is 1. The van der Waals surface area contributed by atoms with Crippen LogP contribution in [0.15, 0.2) is 24.4 Å². The number of hydrogen-bond acceptors (Lipinski definition) is 5. The van der Waals surface area contributed by atoms with Crippen molar-refractivity contribution in [2.75, 3.05) is 20.3 Å². The predicted octanol–water partition coefficient (Wildman–Crippen LogP) is 3.58. The normalized spacial score (nSPS) is 18.2. The molecule has 0 aliphatic heterocycles. The van der Waals surface area contributed by atoms with Crippen LogP contribution in [0.5, 0.6) is 5.75 Å². The van der Waals surface area contributed by atoms with Gasteiger partial charge in [0.25, 0.3) is 11.7 Å². The number of H-pyrrole nitrogens is 1. The van der Waals surface area contributed by atoms with Gasteiger partial charge in [-0.3, -0.25) is 14.4 Å². The first-order valence-electron chi connectivity index (χ1n) is 12.9. The number of hydrogen-bond donors (Lipinski definition) is 3. The summed E-state index contributed by atoms with van der Waals surface area (Å²) < 4.78 is 5.24. The van der Waals surface area contributed by atoms with E-state index in [9.17, 15) is 19.5 Å². The van der Waals surface area contributed by atoms with Crippen LogP contribution in [-0.4, -0.2) is 64.9 Å². The van der Waals surface area contributed by atoms with Gasteiger partial charge in [0.1, 0.15) is 11.8 Å². The first-order valence-corrected chi connectivity index (χ1v) is 12.9. The van der Waals surface area contributed by atoms with Crippen molar-refractivity contribution in [3.8, 4) is 5.75 Å². The Bertz CT molecular complexity index is 1040. The molecule has 0 unspecified atom stereocenters. The molecule has 1 atom stereocenters. The summed E-state index contributed by atoms with van der Waals surface area (Å²) >= 11 is 0. The molecule has 0 spiro atoms. The third-order valence-corrected chi connectivity index (χ3v) is 7.58. The maximum absolute atomic E-state index is 13.6. The van der Waals surface area contributed by atoms with E-state index in [0.717, 1.165) is 57.8 Å². The standard InChI is InChI=1S/C27H37N3O5/c1-35-20-12-13-21-22(17-28-23(21)16-20)25(32)27(34)30(14-15-31)24(18-8-4-2-5-9-18)26(33)29-19-10-6-3-7-11-19/h12-13,16-19,24,28,31H,2-11,14-15H2,1H3,(H,29,33)/t24-/m1/s1. The largest absolute Gasteiger partial charge is 0.497 e. The molecule has 2 aliphatic rings. The quantitative estimate of drug-likeness (QED) is 0.373. The number of aliphatic hydroxyl groups is 1. The summed E-state index contributed by atoms with van der Waals surface area (Å²) in [4.78, 5) is 45.0. The molecule has 1 aromatic carbocycles. The fourth-order valence-electron chi connectivity index (χ4n) is 5.73. The van der Waals surface area contributed by atoms with Gasteiger partial charge >= 0.3 is 0 Å². The number of rotatable bonds is 9. The van der Waals surface area contributed by atoms with Crippen LogP contribution in [0.3, 0.4) is 0 Å². The average molecular weight is 484 g/mol. The van der Waals surface area contributed by atoms with Gasteiger partial charge in [0.2, 0.25) is 5.91 Å². The Hall–Kier alpha value is -2.87. The van der Waals surface area contributed by atoms with E-state index in [1.54, 1.807) is 25.3 Å². The summed E-state index contributed by atoms with van der Waals surface area (Å²) in [5.74, 6) is -1.00. The van der Waals surface area contributed by atoms with Crippen LogP contribution in [-0.2, 0) is 9.59 Å². The highest BCUT2D eigenvalue weighted by Gasteiger charge is 2.40. The molecule has 8 nitrogen and oxygen atoms in total. The first-order chi connectivity index (χ1) is 17.0. The third-order valence-electron chi connectivity index (χ3n) is 7.58. The Morgan fingerprint density at radius 3 is 2.43 bits per heavy atom. The molecule has 8 heteroatoms. The van der Waals surface area contributed by atoms with E-state index in [0.29, 0.717) is 16.7 Å². The Morgan fingerprint density at radius 1 is 1.09 bits per heavy atom.